The molecule has 0 saturated heterocycles. The number of thioether (sulfide) groups is 1. The third-order valence-electron chi connectivity index (χ3n) is 3.65. The lowest BCUT2D eigenvalue weighted by molar-refractivity contribution is 0.472. The van der Waals surface area contributed by atoms with Crippen LogP contribution in [-0.4, -0.2) is 14.8 Å². The first kappa shape index (κ1) is 18.4. The van der Waals surface area contributed by atoms with Crippen molar-refractivity contribution in [1.82, 2.24) is 14.8 Å². The molecule has 0 N–H and O–H groups in total. The van der Waals surface area contributed by atoms with Crippen molar-refractivity contribution in [2.24, 2.45) is 5.92 Å². The van der Waals surface area contributed by atoms with Gasteiger partial charge in [-0.15, -0.1) is 10.2 Å². The second-order valence-corrected chi connectivity index (χ2v) is 7.97. The summed E-state index contributed by atoms with van der Waals surface area (Å²) >= 11 is 13.8. The molecule has 0 aliphatic rings. The van der Waals surface area contributed by atoms with Gasteiger partial charge < -0.3 is 4.42 Å². The van der Waals surface area contributed by atoms with E-state index in [0.717, 1.165) is 28.7 Å². The molecule has 3 aromatic rings. The normalized spacial score (nSPS) is 11.4. The predicted octanol–water partition coefficient (Wildman–Crippen LogP) is 5.72. The van der Waals surface area contributed by atoms with Gasteiger partial charge in [-0.2, -0.15) is 0 Å². The highest BCUT2D eigenvalue weighted by Crippen LogP contribution is 2.29. The van der Waals surface area contributed by atoms with E-state index in [0.29, 0.717) is 28.3 Å². The highest BCUT2D eigenvalue weighted by molar-refractivity contribution is 7.98. The molecule has 0 saturated carbocycles. The Balaban J connectivity index is 1.81. The van der Waals surface area contributed by atoms with Crippen molar-refractivity contribution >= 4 is 35.0 Å². The Hall–Kier alpha value is -1.43. The van der Waals surface area contributed by atoms with Gasteiger partial charge in [-0.3, -0.25) is 4.57 Å². The Morgan fingerprint density at radius 1 is 1.20 bits per heavy atom. The predicted molar refractivity (Wildman–Crippen MR) is 102 cm³/mol. The highest BCUT2D eigenvalue weighted by Gasteiger charge is 2.16. The van der Waals surface area contributed by atoms with Gasteiger partial charge in [-0.1, -0.05) is 54.9 Å². The maximum absolute atomic E-state index is 6.27. The first-order valence-corrected chi connectivity index (χ1v) is 9.78. The Bertz CT molecular complexity index is 831. The topological polar surface area (TPSA) is 43.9 Å². The van der Waals surface area contributed by atoms with Gasteiger partial charge in [0.25, 0.3) is 0 Å². The van der Waals surface area contributed by atoms with Gasteiger partial charge in [0, 0.05) is 22.2 Å². The molecular formula is C18H19Cl2N3OS. The fourth-order valence-electron chi connectivity index (χ4n) is 2.44. The smallest absolute Gasteiger partial charge is 0.191 e. The van der Waals surface area contributed by atoms with Gasteiger partial charge in [-0.05, 0) is 35.7 Å². The standard InChI is InChI=1S/C18H19Cl2N3OS/c1-12(2)8-17-21-22-18(23(17)10-15-4-3-7-24-15)25-11-13-5-6-14(19)9-16(13)20/h3-7,9,12H,8,10-11H2,1-2H3. The van der Waals surface area contributed by atoms with Gasteiger partial charge in [0.1, 0.15) is 11.6 Å². The number of furan rings is 1. The SMILES string of the molecule is CC(C)Cc1nnc(SCc2ccc(Cl)cc2Cl)n1Cc1ccco1. The maximum atomic E-state index is 6.27. The van der Waals surface area contributed by atoms with Crippen LogP contribution in [0, 0.1) is 5.92 Å². The first-order chi connectivity index (χ1) is 12.0. The molecule has 4 nitrogen and oxygen atoms in total. The summed E-state index contributed by atoms with van der Waals surface area (Å²) in [6.45, 7) is 4.97. The van der Waals surface area contributed by atoms with Crippen LogP contribution in [-0.2, 0) is 18.7 Å². The number of halogens is 2. The highest BCUT2D eigenvalue weighted by atomic mass is 35.5. The van der Waals surface area contributed by atoms with E-state index < -0.39 is 0 Å². The summed E-state index contributed by atoms with van der Waals surface area (Å²) in [6.07, 6.45) is 2.55. The van der Waals surface area contributed by atoms with Crippen LogP contribution in [0.25, 0.3) is 0 Å². The number of hydrogen-bond donors (Lipinski definition) is 0. The van der Waals surface area contributed by atoms with Crippen LogP contribution in [0.15, 0.2) is 46.2 Å². The van der Waals surface area contributed by atoms with Crippen LogP contribution < -0.4 is 0 Å². The molecule has 0 spiro atoms. The average molecular weight is 396 g/mol. The summed E-state index contributed by atoms with van der Waals surface area (Å²) in [4.78, 5) is 0. The molecule has 25 heavy (non-hydrogen) atoms. The van der Waals surface area contributed by atoms with E-state index in [2.05, 4.69) is 28.6 Å². The van der Waals surface area contributed by atoms with E-state index in [1.165, 1.54) is 0 Å². The van der Waals surface area contributed by atoms with Crippen LogP contribution in [0.1, 0.15) is 31.0 Å². The molecule has 1 aromatic carbocycles. The quantitative estimate of drug-likeness (QED) is 0.480. The number of benzene rings is 1. The minimum absolute atomic E-state index is 0.503. The fraction of sp³-hybridized carbons (Fsp3) is 0.333. The molecular weight excluding hydrogens is 377 g/mol. The molecule has 3 rings (SSSR count). The van der Waals surface area contributed by atoms with E-state index in [4.69, 9.17) is 27.6 Å². The van der Waals surface area contributed by atoms with Crippen LogP contribution in [0.5, 0.6) is 0 Å². The number of nitrogens with zero attached hydrogens (tertiary/aromatic N) is 3. The zero-order valence-corrected chi connectivity index (χ0v) is 16.4. The Morgan fingerprint density at radius 3 is 2.72 bits per heavy atom. The minimum Gasteiger partial charge on any atom is -0.467 e. The van der Waals surface area contributed by atoms with Crippen molar-refractivity contribution in [2.45, 2.75) is 37.7 Å². The number of hydrogen-bond acceptors (Lipinski definition) is 4. The van der Waals surface area contributed by atoms with Crippen LogP contribution in [0.4, 0.5) is 0 Å². The second kappa shape index (κ2) is 8.30. The van der Waals surface area contributed by atoms with Gasteiger partial charge in [0.05, 0.1) is 12.8 Å². The number of rotatable bonds is 7. The van der Waals surface area contributed by atoms with Crippen molar-refractivity contribution in [3.05, 3.63) is 63.8 Å². The molecule has 0 unspecified atom stereocenters. The lowest BCUT2D eigenvalue weighted by Gasteiger charge is -2.10. The van der Waals surface area contributed by atoms with Crippen LogP contribution in [0.3, 0.4) is 0 Å². The van der Waals surface area contributed by atoms with Crippen molar-refractivity contribution in [3.63, 3.8) is 0 Å². The Kier molecular flexibility index (Phi) is 6.10. The van der Waals surface area contributed by atoms with E-state index >= 15 is 0 Å². The van der Waals surface area contributed by atoms with E-state index in [9.17, 15) is 0 Å². The lowest BCUT2D eigenvalue weighted by atomic mass is 10.1. The lowest BCUT2D eigenvalue weighted by Crippen LogP contribution is -2.08. The van der Waals surface area contributed by atoms with E-state index in [1.54, 1.807) is 24.1 Å². The largest absolute Gasteiger partial charge is 0.467 e. The van der Waals surface area contributed by atoms with E-state index in [-0.39, 0.29) is 0 Å². The summed E-state index contributed by atoms with van der Waals surface area (Å²) in [7, 11) is 0. The van der Waals surface area contributed by atoms with Gasteiger partial charge in [0.2, 0.25) is 0 Å². The summed E-state index contributed by atoms with van der Waals surface area (Å²) in [6, 6.07) is 9.41. The van der Waals surface area contributed by atoms with Crippen molar-refractivity contribution in [1.29, 1.82) is 0 Å². The van der Waals surface area contributed by atoms with Crippen molar-refractivity contribution < 1.29 is 4.42 Å². The molecule has 0 atom stereocenters. The minimum atomic E-state index is 0.503. The molecule has 2 aromatic heterocycles. The molecule has 0 aliphatic carbocycles. The second-order valence-electron chi connectivity index (χ2n) is 6.19. The summed E-state index contributed by atoms with van der Waals surface area (Å²) in [5, 5.41) is 10.9. The molecule has 0 bridgehead atoms. The monoisotopic (exact) mass is 395 g/mol. The fourth-order valence-corrected chi connectivity index (χ4v) is 3.96. The van der Waals surface area contributed by atoms with E-state index in [1.807, 2.05) is 24.3 Å². The molecule has 0 radical (unpaired) electrons. The Labute approximate surface area is 161 Å². The molecule has 0 fully saturated rings. The van der Waals surface area contributed by atoms with Crippen LogP contribution >= 0.6 is 35.0 Å². The zero-order chi connectivity index (χ0) is 17.8. The summed E-state index contributed by atoms with van der Waals surface area (Å²) in [5.74, 6) is 3.06. The molecule has 7 heteroatoms. The van der Waals surface area contributed by atoms with Gasteiger partial charge >= 0.3 is 0 Å². The third kappa shape index (κ3) is 4.81. The average Bonchev–Trinajstić information content (AvgIpc) is 3.18. The number of aromatic nitrogens is 3. The zero-order valence-electron chi connectivity index (χ0n) is 14.1. The first-order valence-electron chi connectivity index (χ1n) is 8.04. The summed E-state index contributed by atoms with van der Waals surface area (Å²) in [5.41, 5.74) is 1.02. The Morgan fingerprint density at radius 2 is 2.04 bits per heavy atom. The molecule has 0 aliphatic heterocycles. The van der Waals surface area contributed by atoms with Crippen LogP contribution in [0.2, 0.25) is 10.0 Å². The molecule has 0 amide bonds. The summed E-state index contributed by atoms with van der Waals surface area (Å²) < 4.78 is 7.61. The van der Waals surface area contributed by atoms with Gasteiger partial charge in [-0.25, -0.2) is 0 Å². The van der Waals surface area contributed by atoms with Gasteiger partial charge in [0.15, 0.2) is 5.16 Å². The van der Waals surface area contributed by atoms with Crippen molar-refractivity contribution in [2.75, 3.05) is 0 Å². The third-order valence-corrected chi connectivity index (χ3v) is 5.25. The van der Waals surface area contributed by atoms with Crippen molar-refractivity contribution in [3.8, 4) is 0 Å². The maximum Gasteiger partial charge on any atom is 0.191 e. The molecule has 2 heterocycles. The molecule has 132 valence electrons.